The van der Waals surface area contributed by atoms with Gasteiger partial charge in [0.05, 0.1) is 0 Å². The largest absolute Gasteiger partial charge is 0.507 e. The molecule has 2 N–H and O–H groups in total. The highest BCUT2D eigenvalue weighted by Crippen LogP contribution is 2.17. The quantitative estimate of drug-likeness (QED) is 0.651. The monoisotopic (exact) mass is 310 g/mol. The third-order valence-corrected chi connectivity index (χ3v) is 2.98. The minimum atomic E-state index is -0.636. The van der Waals surface area contributed by atoms with Crippen molar-refractivity contribution in [3.8, 4) is 17.6 Å². The Morgan fingerprint density at radius 2 is 2.22 bits per heavy atom. The number of H-pyrrole nitrogens is 1. The summed E-state index contributed by atoms with van der Waals surface area (Å²) in [6.45, 7) is 1.54. The fourth-order valence-electron chi connectivity index (χ4n) is 1.99. The van der Waals surface area contributed by atoms with Crippen molar-refractivity contribution in [2.45, 2.75) is 6.92 Å². The average molecular weight is 310 g/mol. The van der Waals surface area contributed by atoms with Gasteiger partial charge in [0.15, 0.2) is 12.4 Å². The molecule has 0 aliphatic heterocycles. The number of rotatable bonds is 5. The van der Waals surface area contributed by atoms with Crippen LogP contribution in [0.2, 0.25) is 0 Å². The zero-order valence-corrected chi connectivity index (χ0v) is 12.4. The Bertz CT molecular complexity index is 860. The van der Waals surface area contributed by atoms with Gasteiger partial charge in [0.2, 0.25) is 0 Å². The van der Waals surface area contributed by atoms with Gasteiger partial charge in [-0.25, -0.2) is 0 Å². The predicted octanol–water partition coefficient (Wildman–Crippen LogP) is 2.19. The third-order valence-electron chi connectivity index (χ3n) is 2.98. The molecule has 0 saturated carbocycles. The summed E-state index contributed by atoms with van der Waals surface area (Å²) in [5.41, 5.74) is 0.194. The zero-order chi connectivity index (χ0) is 16.8. The van der Waals surface area contributed by atoms with Crippen molar-refractivity contribution in [2.75, 3.05) is 6.61 Å². The van der Waals surface area contributed by atoms with E-state index < -0.39 is 11.3 Å². The molecule has 0 aliphatic rings. The molecule has 0 bridgehead atoms. The summed E-state index contributed by atoms with van der Waals surface area (Å²) in [6, 6.07) is 9.98. The molecule has 0 fully saturated rings. The highest BCUT2D eigenvalue weighted by Gasteiger charge is 2.13. The number of ketones is 1. The number of carbonyl (C=O) groups excluding carboxylic acids is 1. The second-order valence-electron chi connectivity index (χ2n) is 4.76. The number of benzene rings is 1. The maximum absolute atomic E-state index is 12.1. The van der Waals surface area contributed by atoms with Gasteiger partial charge >= 0.3 is 0 Å². The summed E-state index contributed by atoms with van der Waals surface area (Å²) in [5.74, 6) is -0.462. The maximum Gasteiger partial charge on any atom is 0.263 e. The SMILES string of the molecule is Cc1cc(O)c(C(=O)/C=C/c2cccc(OCC#N)c2)c(=O)[nH]1. The van der Waals surface area contributed by atoms with Gasteiger partial charge in [-0.1, -0.05) is 18.2 Å². The number of nitrogens with zero attached hydrogens (tertiary/aromatic N) is 1. The lowest BCUT2D eigenvalue weighted by Crippen LogP contribution is -2.17. The molecule has 1 aromatic heterocycles. The van der Waals surface area contributed by atoms with E-state index in [1.165, 1.54) is 18.2 Å². The number of ether oxygens (including phenoxy) is 1. The molecule has 6 heteroatoms. The first-order valence-electron chi connectivity index (χ1n) is 6.76. The number of nitriles is 1. The van der Waals surface area contributed by atoms with Crippen LogP contribution >= 0.6 is 0 Å². The summed E-state index contributed by atoms with van der Waals surface area (Å²) in [7, 11) is 0. The zero-order valence-electron chi connectivity index (χ0n) is 12.4. The van der Waals surface area contributed by atoms with E-state index in [-0.39, 0.29) is 17.9 Å². The van der Waals surface area contributed by atoms with Crippen LogP contribution in [0.1, 0.15) is 21.6 Å². The maximum atomic E-state index is 12.1. The van der Waals surface area contributed by atoms with E-state index in [1.807, 2.05) is 6.07 Å². The minimum absolute atomic E-state index is 0.0707. The van der Waals surface area contributed by atoms with E-state index in [0.29, 0.717) is 17.0 Å². The van der Waals surface area contributed by atoms with Crippen LogP contribution in [0.3, 0.4) is 0 Å². The van der Waals surface area contributed by atoms with Crippen molar-refractivity contribution in [2.24, 2.45) is 0 Å². The molecule has 23 heavy (non-hydrogen) atoms. The highest BCUT2D eigenvalue weighted by atomic mass is 16.5. The van der Waals surface area contributed by atoms with Crippen LogP contribution in [0.4, 0.5) is 0 Å². The Morgan fingerprint density at radius 3 is 2.91 bits per heavy atom. The Hall–Kier alpha value is -3.33. The number of aromatic nitrogens is 1. The number of aromatic amines is 1. The standard InChI is InChI=1S/C17H14N2O4/c1-11-9-15(21)16(17(22)19-11)14(20)6-5-12-3-2-4-13(10-12)23-8-7-18/h2-6,9-10H,8H2,1H3,(H2,19,21,22)/b6-5+. The molecular formula is C17H14N2O4. The number of nitrogens with one attached hydrogen (secondary N) is 1. The fraction of sp³-hybridized carbons (Fsp3) is 0.118. The second kappa shape index (κ2) is 7.09. The van der Waals surface area contributed by atoms with Crippen molar-refractivity contribution < 1.29 is 14.6 Å². The average Bonchev–Trinajstić information content (AvgIpc) is 2.50. The van der Waals surface area contributed by atoms with E-state index in [4.69, 9.17) is 10.00 Å². The molecule has 0 spiro atoms. The summed E-state index contributed by atoms with van der Waals surface area (Å²) in [4.78, 5) is 26.3. The molecule has 6 nitrogen and oxygen atoms in total. The van der Waals surface area contributed by atoms with Crippen molar-refractivity contribution in [3.05, 3.63) is 63.6 Å². The van der Waals surface area contributed by atoms with Gasteiger partial charge in [-0.2, -0.15) is 5.26 Å². The molecule has 2 rings (SSSR count). The smallest absolute Gasteiger partial charge is 0.263 e. The number of carbonyl (C=O) groups is 1. The van der Waals surface area contributed by atoms with E-state index in [2.05, 4.69) is 4.98 Å². The van der Waals surface area contributed by atoms with E-state index >= 15 is 0 Å². The van der Waals surface area contributed by atoms with Crippen LogP contribution in [0.15, 0.2) is 41.2 Å². The first-order chi connectivity index (χ1) is 11.0. The third kappa shape index (κ3) is 4.08. The number of pyridine rings is 1. The Balaban J connectivity index is 2.22. The number of allylic oxidation sites excluding steroid dienone is 1. The van der Waals surface area contributed by atoms with E-state index in [0.717, 1.165) is 0 Å². The van der Waals surface area contributed by atoms with Gasteiger partial charge in [0.25, 0.3) is 5.56 Å². The van der Waals surface area contributed by atoms with Crippen molar-refractivity contribution in [1.29, 1.82) is 5.26 Å². The van der Waals surface area contributed by atoms with Crippen LogP contribution in [-0.4, -0.2) is 22.5 Å². The van der Waals surface area contributed by atoms with Crippen molar-refractivity contribution in [3.63, 3.8) is 0 Å². The second-order valence-corrected chi connectivity index (χ2v) is 4.76. The molecule has 1 heterocycles. The molecule has 116 valence electrons. The van der Waals surface area contributed by atoms with Crippen LogP contribution in [0, 0.1) is 18.3 Å². The molecular weight excluding hydrogens is 296 g/mol. The van der Waals surface area contributed by atoms with Crippen molar-refractivity contribution >= 4 is 11.9 Å². The molecule has 0 radical (unpaired) electrons. The molecule has 2 aromatic rings. The lowest BCUT2D eigenvalue weighted by Gasteiger charge is -2.03. The number of hydrogen-bond donors (Lipinski definition) is 2. The summed E-state index contributed by atoms with van der Waals surface area (Å²) in [5, 5.41) is 18.2. The summed E-state index contributed by atoms with van der Waals surface area (Å²) < 4.78 is 5.16. The minimum Gasteiger partial charge on any atom is -0.507 e. The number of aryl methyl sites for hydroxylation is 1. The first-order valence-corrected chi connectivity index (χ1v) is 6.76. The lowest BCUT2D eigenvalue weighted by atomic mass is 10.1. The molecule has 1 aromatic carbocycles. The van der Waals surface area contributed by atoms with Crippen LogP contribution in [0.25, 0.3) is 6.08 Å². The van der Waals surface area contributed by atoms with E-state index in [9.17, 15) is 14.7 Å². The molecule has 0 amide bonds. The van der Waals surface area contributed by atoms with Gasteiger partial charge in [-0.15, -0.1) is 0 Å². The lowest BCUT2D eigenvalue weighted by molar-refractivity contribution is 0.104. The highest BCUT2D eigenvalue weighted by molar-refractivity contribution is 6.08. The van der Waals surface area contributed by atoms with Gasteiger partial charge < -0.3 is 14.8 Å². The molecule has 0 saturated heterocycles. The first kappa shape index (κ1) is 16.0. The summed E-state index contributed by atoms with van der Waals surface area (Å²) in [6.07, 6.45) is 2.70. The van der Waals surface area contributed by atoms with Gasteiger partial charge in [0, 0.05) is 5.69 Å². The van der Waals surface area contributed by atoms with Crippen LogP contribution < -0.4 is 10.3 Å². The Labute approximate surface area is 132 Å². The van der Waals surface area contributed by atoms with Crippen molar-refractivity contribution in [1.82, 2.24) is 4.98 Å². The fourth-order valence-corrected chi connectivity index (χ4v) is 1.99. The molecule has 0 unspecified atom stereocenters. The van der Waals surface area contributed by atoms with Crippen LogP contribution in [0.5, 0.6) is 11.5 Å². The Kier molecular flexibility index (Phi) is 4.95. The Morgan fingerprint density at radius 1 is 1.43 bits per heavy atom. The summed E-state index contributed by atoms with van der Waals surface area (Å²) >= 11 is 0. The molecule has 0 atom stereocenters. The van der Waals surface area contributed by atoms with Gasteiger partial charge in [0.1, 0.15) is 23.1 Å². The van der Waals surface area contributed by atoms with Crippen LogP contribution in [-0.2, 0) is 0 Å². The topological polar surface area (TPSA) is 103 Å². The van der Waals surface area contributed by atoms with E-state index in [1.54, 1.807) is 31.2 Å². The van der Waals surface area contributed by atoms with Gasteiger partial charge in [-0.3, -0.25) is 9.59 Å². The molecule has 0 aliphatic carbocycles. The normalized spacial score (nSPS) is 10.4. The number of hydrogen-bond acceptors (Lipinski definition) is 5. The van der Waals surface area contributed by atoms with Gasteiger partial charge in [-0.05, 0) is 36.8 Å². The predicted molar refractivity (Wildman–Crippen MR) is 84.4 cm³/mol. The number of aromatic hydroxyl groups is 1.